The topological polar surface area (TPSA) is 37.4 Å². The third kappa shape index (κ3) is 4.61. The number of benzene rings is 1. The molecule has 29 heavy (non-hydrogen) atoms. The molecule has 4 aliphatic rings. The number of guanidine groups is 1. The van der Waals surface area contributed by atoms with Crippen molar-refractivity contribution in [3.63, 3.8) is 0 Å². The molecule has 0 spiro atoms. The van der Waals surface area contributed by atoms with E-state index in [0.29, 0.717) is 24.8 Å². The normalized spacial score (nSPS) is 28.0. The number of fused-ring (bicyclic) bond motifs is 3. The van der Waals surface area contributed by atoms with Crippen LogP contribution in [0.5, 0.6) is 0 Å². The van der Waals surface area contributed by atoms with Gasteiger partial charge in [-0.25, -0.2) is 0 Å². The second kappa shape index (κ2) is 8.39. The highest BCUT2D eigenvalue weighted by Crippen LogP contribution is 2.31. The molecule has 0 aromatic heterocycles. The second-order valence-electron chi connectivity index (χ2n) is 7.94. The summed E-state index contributed by atoms with van der Waals surface area (Å²) >= 11 is 0. The van der Waals surface area contributed by atoms with Crippen molar-refractivity contribution in [1.82, 2.24) is 20.0 Å². The SMILES string of the molecule is CN=C(NCC1CN2CCN1CC2)N1CCN(c2cccc(C(F)(F)F)c2)CC1. The van der Waals surface area contributed by atoms with Gasteiger partial charge in [-0.2, -0.15) is 13.2 Å². The van der Waals surface area contributed by atoms with E-state index < -0.39 is 11.7 Å². The molecule has 4 fully saturated rings. The molecule has 4 aliphatic heterocycles. The molecule has 0 radical (unpaired) electrons. The van der Waals surface area contributed by atoms with Crippen molar-refractivity contribution >= 4 is 11.6 Å². The molecule has 160 valence electrons. The summed E-state index contributed by atoms with van der Waals surface area (Å²) in [6, 6.07) is 6.11. The summed E-state index contributed by atoms with van der Waals surface area (Å²) in [6.45, 7) is 9.40. The lowest BCUT2D eigenvalue weighted by atomic mass is 10.1. The van der Waals surface area contributed by atoms with Gasteiger partial charge in [0.25, 0.3) is 0 Å². The van der Waals surface area contributed by atoms with Gasteiger partial charge in [-0.3, -0.25) is 14.8 Å². The zero-order valence-electron chi connectivity index (χ0n) is 16.8. The van der Waals surface area contributed by atoms with Crippen LogP contribution in [-0.2, 0) is 6.18 Å². The molecular weight excluding hydrogens is 381 g/mol. The van der Waals surface area contributed by atoms with Gasteiger partial charge in [-0.05, 0) is 18.2 Å². The molecule has 4 heterocycles. The molecule has 4 saturated heterocycles. The van der Waals surface area contributed by atoms with Gasteiger partial charge >= 0.3 is 6.18 Å². The van der Waals surface area contributed by atoms with Gasteiger partial charge in [0, 0.05) is 84.2 Å². The van der Waals surface area contributed by atoms with Crippen molar-refractivity contribution in [2.75, 3.05) is 77.4 Å². The van der Waals surface area contributed by atoms with E-state index in [-0.39, 0.29) is 0 Å². The van der Waals surface area contributed by atoms with Crippen LogP contribution in [-0.4, -0.2) is 99.2 Å². The average Bonchev–Trinajstić information content (AvgIpc) is 2.75. The maximum atomic E-state index is 13.0. The van der Waals surface area contributed by atoms with Crippen LogP contribution in [0.1, 0.15) is 5.56 Å². The first-order valence-electron chi connectivity index (χ1n) is 10.3. The van der Waals surface area contributed by atoms with Crippen LogP contribution in [0, 0.1) is 0 Å². The van der Waals surface area contributed by atoms with E-state index in [4.69, 9.17) is 0 Å². The molecule has 6 nitrogen and oxygen atoms in total. The Morgan fingerprint density at radius 1 is 1.07 bits per heavy atom. The molecule has 1 aromatic rings. The molecular formula is C20H29F3N6. The van der Waals surface area contributed by atoms with Crippen LogP contribution in [0.15, 0.2) is 29.3 Å². The van der Waals surface area contributed by atoms with Crippen molar-refractivity contribution < 1.29 is 13.2 Å². The zero-order valence-corrected chi connectivity index (χ0v) is 16.8. The fourth-order valence-electron chi connectivity index (χ4n) is 4.51. The van der Waals surface area contributed by atoms with Gasteiger partial charge in [0.15, 0.2) is 5.96 Å². The molecule has 9 heteroatoms. The fourth-order valence-corrected chi connectivity index (χ4v) is 4.51. The summed E-state index contributed by atoms with van der Waals surface area (Å²) in [5.41, 5.74) is 0.0323. The minimum absolute atomic E-state index is 0.514. The monoisotopic (exact) mass is 410 g/mol. The third-order valence-electron chi connectivity index (χ3n) is 6.22. The molecule has 1 unspecified atom stereocenters. The Morgan fingerprint density at radius 2 is 1.79 bits per heavy atom. The molecule has 0 aliphatic carbocycles. The minimum Gasteiger partial charge on any atom is -0.368 e. The Labute approximate surface area is 170 Å². The van der Waals surface area contributed by atoms with Gasteiger partial charge in [-0.15, -0.1) is 0 Å². The highest BCUT2D eigenvalue weighted by Gasteiger charge is 2.33. The Kier molecular flexibility index (Phi) is 5.87. The molecule has 0 amide bonds. The second-order valence-corrected chi connectivity index (χ2v) is 7.94. The van der Waals surface area contributed by atoms with Crippen molar-refractivity contribution in [2.45, 2.75) is 12.2 Å². The quantitative estimate of drug-likeness (QED) is 0.603. The molecule has 0 saturated carbocycles. The number of hydrogen-bond donors (Lipinski definition) is 1. The number of aliphatic imine (C=N–C) groups is 1. The summed E-state index contributed by atoms with van der Waals surface area (Å²) in [7, 11) is 1.79. The van der Waals surface area contributed by atoms with Crippen LogP contribution in [0.25, 0.3) is 0 Å². The number of nitrogens with zero attached hydrogens (tertiary/aromatic N) is 5. The van der Waals surface area contributed by atoms with E-state index >= 15 is 0 Å². The predicted octanol–water partition coefficient (Wildman–Crippen LogP) is 1.40. The van der Waals surface area contributed by atoms with Crippen LogP contribution in [0.3, 0.4) is 0 Å². The van der Waals surface area contributed by atoms with Gasteiger partial charge in [-0.1, -0.05) is 6.07 Å². The first-order valence-corrected chi connectivity index (χ1v) is 10.3. The Bertz CT molecular complexity index is 721. The zero-order chi connectivity index (χ0) is 20.4. The molecule has 1 aromatic carbocycles. The average molecular weight is 410 g/mol. The summed E-state index contributed by atoms with van der Waals surface area (Å²) in [6.07, 6.45) is -4.31. The Balaban J connectivity index is 1.30. The third-order valence-corrected chi connectivity index (χ3v) is 6.22. The number of rotatable bonds is 3. The molecule has 1 N–H and O–H groups in total. The van der Waals surface area contributed by atoms with E-state index in [9.17, 15) is 13.2 Å². The number of alkyl halides is 3. The largest absolute Gasteiger partial charge is 0.416 e. The molecule has 5 rings (SSSR count). The lowest BCUT2D eigenvalue weighted by molar-refractivity contribution is -0.137. The Hall–Kier alpha value is -2.00. The number of nitrogens with one attached hydrogen (secondary N) is 1. The number of piperazine rings is 4. The predicted molar refractivity (Wildman–Crippen MR) is 108 cm³/mol. The smallest absolute Gasteiger partial charge is 0.368 e. The van der Waals surface area contributed by atoms with Gasteiger partial charge in [0.1, 0.15) is 0 Å². The molecule has 2 bridgehead atoms. The van der Waals surface area contributed by atoms with Crippen LogP contribution in [0.2, 0.25) is 0 Å². The maximum Gasteiger partial charge on any atom is 0.416 e. The van der Waals surface area contributed by atoms with Gasteiger partial charge in [0.2, 0.25) is 0 Å². The van der Waals surface area contributed by atoms with Crippen LogP contribution in [0.4, 0.5) is 18.9 Å². The van der Waals surface area contributed by atoms with E-state index in [1.165, 1.54) is 25.2 Å². The van der Waals surface area contributed by atoms with Crippen molar-refractivity contribution in [3.8, 4) is 0 Å². The summed E-state index contributed by atoms with van der Waals surface area (Å²) < 4.78 is 39.0. The van der Waals surface area contributed by atoms with Crippen molar-refractivity contribution in [2.24, 2.45) is 4.99 Å². The maximum absolute atomic E-state index is 13.0. The van der Waals surface area contributed by atoms with E-state index in [0.717, 1.165) is 51.3 Å². The number of anilines is 1. The van der Waals surface area contributed by atoms with Crippen molar-refractivity contribution in [3.05, 3.63) is 29.8 Å². The highest BCUT2D eigenvalue weighted by molar-refractivity contribution is 5.80. The standard InChI is InChI=1S/C20H29F3N6/c1-24-19(25-14-18-15-26-5-7-28(18)8-6-26)29-11-9-27(10-12-29)17-4-2-3-16(13-17)20(21,22)23/h2-4,13,18H,5-12,14-15H2,1H3,(H,24,25). The highest BCUT2D eigenvalue weighted by atomic mass is 19.4. The minimum atomic E-state index is -4.31. The van der Waals surface area contributed by atoms with Crippen LogP contribution >= 0.6 is 0 Å². The number of hydrogen-bond acceptors (Lipinski definition) is 4. The number of halogens is 3. The fraction of sp³-hybridized carbons (Fsp3) is 0.650. The van der Waals surface area contributed by atoms with Gasteiger partial charge < -0.3 is 15.1 Å². The first kappa shape index (κ1) is 20.3. The Morgan fingerprint density at radius 3 is 2.38 bits per heavy atom. The lowest BCUT2D eigenvalue weighted by Crippen LogP contribution is -2.64. The summed E-state index contributed by atoms with van der Waals surface area (Å²) in [5, 5.41) is 3.52. The summed E-state index contributed by atoms with van der Waals surface area (Å²) in [4.78, 5) is 13.7. The van der Waals surface area contributed by atoms with E-state index in [2.05, 4.69) is 25.0 Å². The van der Waals surface area contributed by atoms with E-state index in [1.807, 2.05) is 4.90 Å². The van der Waals surface area contributed by atoms with E-state index in [1.54, 1.807) is 13.1 Å². The first-order chi connectivity index (χ1) is 13.9. The summed E-state index contributed by atoms with van der Waals surface area (Å²) in [5.74, 6) is 0.881. The van der Waals surface area contributed by atoms with Crippen LogP contribution < -0.4 is 10.2 Å². The van der Waals surface area contributed by atoms with Gasteiger partial charge in [0.05, 0.1) is 5.56 Å². The lowest BCUT2D eigenvalue weighted by Gasteiger charge is -2.48. The van der Waals surface area contributed by atoms with Crippen molar-refractivity contribution in [1.29, 1.82) is 0 Å². The molecule has 1 atom stereocenters.